The van der Waals surface area contributed by atoms with Crippen LogP contribution in [0.5, 0.6) is 0 Å². The Balaban J connectivity index is 2.06. The van der Waals surface area contributed by atoms with Crippen molar-refractivity contribution >= 4 is 27.7 Å². The number of nitrogens with one attached hydrogen (secondary N) is 1. The highest BCUT2D eigenvalue weighted by Crippen LogP contribution is 2.40. The van der Waals surface area contributed by atoms with E-state index in [0.717, 1.165) is 30.3 Å². The van der Waals surface area contributed by atoms with E-state index in [1.807, 2.05) is 17.8 Å². The molecule has 1 aromatic carbocycles. The van der Waals surface area contributed by atoms with Crippen molar-refractivity contribution in [2.75, 3.05) is 6.54 Å². The van der Waals surface area contributed by atoms with Gasteiger partial charge in [-0.1, -0.05) is 19.1 Å². The number of halogens is 1. The average molecular weight is 339 g/mol. The summed E-state index contributed by atoms with van der Waals surface area (Å²) < 4.78 is 1.15. The molecule has 0 saturated heterocycles. The molecule has 0 spiro atoms. The molecule has 0 bridgehead atoms. The minimum absolute atomic E-state index is 0.314. The normalized spacial score (nSPS) is 26.9. The highest BCUT2D eigenvalue weighted by molar-refractivity contribution is 9.10. The summed E-state index contributed by atoms with van der Waals surface area (Å²) in [6.45, 7) is 2.93. The van der Waals surface area contributed by atoms with Crippen molar-refractivity contribution in [3.8, 4) is 6.07 Å². The molecule has 2 atom stereocenters. The zero-order valence-electron chi connectivity index (χ0n) is 11.2. The summed E-state index contributed by atoms with van der Waals surface area (Å²) in [5.41, 5.74) is -0.314. The van der Waals surface area contributed by atoms with Crippen LogP contribution in [0.4, 0.5) is 0 Å². The molecule has 102 valence electrons. The lowest BCUT2D eigenvalue weighted by Gasteiger charge is -2.36. The summed E-state index contributed by atoms with van der Waals surface area (Å²) in [5, 5.41) is 13.4. The molecule has 1 fully saturated rings. The number of benzene rings is 1. The smallest absolute Gasteiger partial charge is 0.107 e. The summed E-state index contributed by atoms with van der Waals surface area (Å²) in [6, 6.07) is 10.8. The second-order valence-electron chi connectivity index (χ2n) is 4.99. The Morgan fingerprint density at radius 2 is 2.32 bits per heavy atom. The molecule has 1 aromatic rings. The van der Waals surface area contributed by atoms with Gasteiger partial charge in [-0.05, 0) is 60.3 Å². The van der Waals surface area contributed by atoms with Crippen molar-refractivity contribution in [1.82, 2.24) is 5.32 Å². The highest BCUT2D eigenvalue weighted by atomic mass is 79.9. The van der Waals surface area contributed by atoms with E-state index in [1.165, 1.54) is 11.3 Å². The fraction of sp³-hybridized carbons (Fsp3) is 0.533. The second-order valence-corrected chi connectivity index (χ2v) is 7.19. The van der Waals surface area contributed by atoms with Crippen molar-refractivity contribution in [2.45, 2.75) is 48.3 Å². The van der Waals surface area contributed by atoms with E-state index >= 15 is 0 Å². The molecule has 2 rings (SSSR count). The Labute approximate surface area is 128 Å². The molecule has 1 aliphatic carbocycles. The number of nitriles is 1. The topological polar surface area (TPSA) is 35.8 Å². The van der Waals surface area contributed by atoms with Gasteiger partial charge in [-0.25, -0.2) is 0 Å². The Morgan fingerprint density at radius 3 is 3.00 bits per heavy atom. The summed E-state index contributed by atoms with van der Waals surface area (Å²) in [5.74, 6) is 0. The van der Waals surface area contributed by atoms with Gasteiger partial charge in [-0.15, -0.1) is 11.8 Å². The number of hydrogen-bond donors (Lipinski definition) is 1. The Morgan fingerprint density at radius 1 is 1.53 bits per heavy atom. The monoisotopic (exact) mass is 338 g/mol. The summed E-state index contributed by atoms with van der Waals surface area (Å²) in [4.78, 5) is 1.28. The molecule has 0 radical (unpaired) electrons. The first-order chi connectivity index (χ1) is 9.19. The summed E-state index contributed by atoms with van der Waals surface area (Å²) in [6.07, 6.45) is 4.23. The van der Waals surface area contributed by atoms with Crippen LogP contribution in [0.1, 0.15) is 32.6 Å². The Kier molecular flexibility index (Phi) is 5.32. The number of nitrogens with zero attached hydrogens (tertiary/aromatic N) is 1. The Hall–Kier alpha value is -0.500. The molecule has 19 heavy (non-hydrogen) atoms. The van der Waals surface area contributed by atoms with E-state index in [1.54, 1.807) is 0 Å². The quantitative estimate of drug-likeness (QED) is 0.886. The molecular formula is C15H19BrN2S. The van der Waals surface area contributed by atoms with Crippen LogP contribution < -0.4 is 5.32 Å². The largest absolute Gasteiger partial charge is 0.300 e. The van der Waals surface area contributed by atoms with Crippen LogP contribution in [0.3, 0.4) is 0 Å². The third kappa shape index (κ3) is 3.75. The third-order valence-electron chi connectivity index (χ3n) is 3.57. The van der Waals surface area contributed by atoms with Crippen molar-refractivity contribution in [1.29, 1.82) is 5.26 Å². The lowest BCUT2D eigenvalue weighted by molar-refractivity contribution is 0.309. The standard InChI is InChI=1S/C15H19BrN2S/c1-2-18-15(11-17)9-5-6-12(10-15)19-14-8-4-3-7-13(14)16/h3-4,7-8,12,18H,2,5-6,9-10H2,1H3. The first kappa shape index (κ1) is 14.9. The van der Waals surface area contributed by atoms with Gasteiger partial charge < -0.3 is 0 Å². The first-order valence-corrected chi connectivity index (χ1v) is 8.44. The van der Waals surface area contributed by atoms with E-state index in [4.69, 9.17) is 0 Å². The van der Waals surface area contributed by atoms with E-state index < -0.39 is 0 Å². The third-order valence-corrected chi connectivity index (χ3v) is 5.86. The number of rotatable bonds is 4. The zero-order chi connectivity index (χ0) is 13.7. The van der Waals surface area contributed by atoms with Gasteiger partial charge in [0.25, 0.3) is 0 Å². The van der Waals surface area contributed by atoms with Gasteiger partial charge in [-0.2, -0.15) is 5.26 Å². The van der Waals surface area contributed by atoms with Crippen LogP contribution >= 0.6 is 27.7 Å². The van der Waals surface area contributed by atoms with E-state index in [-0.39, 0.29) is 5.54 Å². The fourth-order valence-electron chi connectivity index (χ4n) is 2.68. The molecule has 2 nitrogen and oxygen atoms in total. The molecule has 0 heterocycles. The van der Waals surface area contributed by atoms with Crippen LogP contribution in [0, 0.1) is 11.3 Å². The van der Waals surface area contributed by atoms with Gasteiger partial charge in [0.05, 0.1) is 6.07 Å². The molecule has 0 aromatic heterocycles. The van der Waals surface area contributed by atoms with Gasteiger partial charge in [-0.3, -0.25) is 5.32 Å². The lowest BCUT2D eigenvalue weighted by Crippen LogP contribution is -2.48. The molecule has 1 aliphatic rings. The van der Waals surface area contributed by atoms with Crippen molar-refractivity contribution < 1.29 is 0 Å². The number of hydrogen-bond acceptors (Lipinski definition) is 3. The maximum Gasteiger partial charge on any atom is 0.107 e. The fourth-order valence-corrected chi connectivity index (χ4v) is 4.60. The van der Waals surface area contributed by atoms with Crippen LogP contribution in [-0.2, 0) is 0 Å². The van der Waals surface area contributed by atoms with Crippen LogP contribution in [0.2, 0.25) is 0 Å². The Bertz CT molecular complexity index is 467. The van der Waals surface area contributed by atoms with Gasteiger partial charge in [0, 0.05) is 14.6 Å². The first-order valence-electron chi connectivity index (χ1n) is 6.76. The van der Waals surface area contributed by atoms with Crippen LogP contribution in [0.15, 0.2) is 33.6 Å². The van der Waals surface area contributed by atoms with Crippen LogP contribution in [0.25, 0.3) is 0 Å². The molecule has 2 unspecified atom stereocenters. The zero-order valence-corrected chi connectivity index (χ0v) is 13.6. The second kappa shape index (κ2) is 6.78. The van der Waals surface area contributed by atoms with Crippen molar-refractivity contribution in [3.63, 3.8) is 0 Å². The molecular weight excluding hydrogens is 320 g/mol. The predicted molar refractivity (Wildman–Crippen MR) is 84.3 cm³/mol. The molecule has 1 N–H and O–H groups in total. The predicted octanol–water partition coefficient (Wildman–Crippen LogP) is 4.36. The van der Waals surface area contributed by atoms with Crippen molar-refractivity contribution in [3.05, 3.63) is 28.7 Å². The highest BCUT2D eigenvalue weighted by Gasteiger charge is 2.36. The maximum absolute atomic E-state index is 9.48. The minimum atomic E-state index is -0.314. The van der Waals surface area contributed by atoms with Gasteiger partial charge in [0.15, 0.2) is 0 Å². The SMILES string of the molecule is CCNC1(C#N)CCCC(Sc2ccccc2Br)C1. The minimum Gasteiger partial charge on any atom is -0.300 e. The van der Waals surface area contributed by atoms with E-state index in [2.05, 4.69) is 52.4 Å². The van der Waals surface area contributed by atoms with Crippen molar-refractivity contribution in [2.24, 2.45) is 0 Å². The van der Waals surface area contributed by atoms with Crippen LogP contribution in [-0.4, -0.2) is 17.3 Å². The molecule has 0 amide bonds. The molecule has 4 heteroatoms. The molecule has 0 aliphatic heterocycles. The molecule has 1 saturated carbocycles. The lowest BCUT2D eigenvalue weighted by atomic mass is 9.82. The maximum atomic E-state index is 9.48. The van der Waals surface area contributed by atoms with E-state index in [9.17, 15) is 5.26 Å². The van der Waals surface area contributed by atoms with Gasteiger partial charge in [0.1, 0.15) is 5.54 Å². The van der Waals surface area contributed by atoms with Gasteiger partial charge in [0.2, 0.25) is 0 Å². The number of thioether (sulfide) groups is 1. The summed E-state index contributed by atoms with van der Waals surface area (Å²) in [7, 11) is 0. The average Bonchev–Trinajstić information content (AvgIpc) is 2.42. The van der Waals surface area contributed by atoms with Gasteiger partial charge >= 0.3 is 0 Å². The van der Waals surface area contributed by atoms with E-state index in [0.29, 0.717) is 5.25 Å². The summed E-state index contributed by atoms with van der Waals surface area (Å²) >= 11 is 5.49.